The summed E-state index contributed by atoms with van der Waals surface area (Å²) in [6, 6.07) is 0. The number of aliphatic hydroxyl groups is 1. The minimum Gasteiger partial charge on any atom is -0.462 e. The minimum absolute atomic E-state index is 0.0409. The second-order valence-corrected chi connectivity index (χ2v) is 17.6. The average molecular weight is 993 g/mol. The third-order valence-corrected chi connectivity index (χ3v) is 10.7. The van der Waals surface area contributed by atoms with Crippen molar-refractivity contribution < 1.29 is 52.2 Å². The van der Waals surface area contributed by atoms with Gasteiger partial charge in [-0.05, 0) is 109 Å². The van der Waals surface area contributed by atoms with Gasteiger partial charge in [0.25, 0.3) is 0 Å². The lowest BCUT2D eigenvalue weighted by Gasteiger charge is -2.21. The smallest absolute Gasteiger partial charge is 0.462 e. The third-order valence-electron chi connectivity index (χ3n) is 9.77. The molecule has 12 heteroatoms. The number of carbonyl (C=O) groups is 3. The highest BCUT2D eigenvalue weighted by molar-refractivity contribution is 7.47. The van der Waals surface area contributed by atoms with Crippen molar-refractivity contribution in [2.24, 2.45) is 0 Å². The quantitative estimate of drug-likeness (QED) is 0.0197. The molecule has 0 rings (SSSR count). The lowest BCUT2D eigenvalue weighted by atomic mass is 10.1. The van der Waals surface area contributed by atoms with E-state index in [1.165, 1.54) is 0 Å². The SMILES string of the molecule is CC/C=C\C/C=C\C/C=C\C/C=C\CCCCCCC(=O)OC(COC(=O)CC/C=C\C/C=C\C/C=C\C/C=C\CC)COP(=O)(O)OCC(CO)OC(=O)CC/C=C\C/C=C\C/C=C\C/C=C\CC. The van der Waals surface area contributed by atoms with Crippen LogP contribution in [0.1, 0.15) is 162 Å². The van der Waals surface area contributed by atoms with E-state index < -0.39 is 64.4 Å². The predicted molar refractivity (Wildman–Crippen MR) is 288 cm³/mol. The maximum absolute atomic E-state index is 12.8. The molecule has 0 fully saturated rings. The van der Waals surface area contributed by atoms with Crippen molar-refractivity contribution in [3.63, 3.8) is 0 Å². The highest BCUT2D eigenvalue weighted by Gasteiger charge is 2.28. The molecule has 3 unspecified atom stereocenters. The number of hydrogen-bond donors (Lipinski definition) is 2. The molecule has 0 aliphatic carbocycles. The molecule has 0 aromatic heterocycles. The zero-order valence-corrected chi connectivity index (χ0v) is 43.8. The summed E-state index contributed by atoms with van der Waals surface area (Å²) in [6.45, 7) is 4.05. The summed E-state index contributed by atoms with van der Waals surface area (Å²) in [4.78, 5) is 48.3. The van der Waals surface area contributed by atoms with Crippen LogP contribution >= 0.6 is 7.82 Å². The Hall–Kier alpha value is -4.64. The Bertz CT molecular complexity index is 1730. The molecule has 0 aromatic carbocycles. The number of esters is 3. The number of allylic oxidation sites excluding steroid dienone is 24. The summed E-state index contributed by atoms with van der Waals surface area (Å²) in [5.74, 6) is -1.70. The number of aliphatic hydroxyl groups excluding tert-OH is 1. The van der Waals surface area contributed by atoms with Gasteiger partial charge in [-0.2, -0.15) is 0 Å². The zero-order valence-electron chi connectivity index (χ0n) is 42.9. The van der Waals surface area contributed by atoms with Crippen LogP contribution in [0.4, 0.5) is 0 Å². The lowest BCUT2D eigenvalue weighted by Crippen LogP contribution is -2.30. The third kappa shape index (κ3) is 48.4. The Kier molecular flexibility index (Phi) is 47.4. The molecule has 392 valence electrons. The number of phosphoric ester groups is 1. The van der Waals surface area contributed by atoms with Crippen LogP contribution in [0.3, 0.4) is 0 Å². The van der Waals surface area contributed by atoms with E-state index in [0.717, 1.165) is 103 Å². The minimum atomic E-state index is -4.79. The topological polar surface area (TPSA) is 155 Å². The van der Waals surface area contributed by atoms with Gasteiger partial charge in [-0.1, -0.05) is 179 Å². The van der Waals surface area contributed by atoms with Gasteiger partial charge in [-0.15, -0.1) is 0 Å². The van der Waals surface area contributed by atoms with Gasteiger partial charge in [0.05, 0.1) is 19.8 Å². The van der Waals surface area contributed by atoms with Gasteiger partial charge in [-0.3, -0.25) is 23.4 Å². The average Bonchev–Trinajstić information content (AvgIpc) is 3.35. The number of unbranched alkanes of at least 4 members (excludes halogenated alkanes) is 4. The van der Waals surface area contributed by atoms with Crippen molar-refractivity contribution >= 4 is 25.7 Å². The monoisotopic (exact) mass is 993 g/mol. The van der Waals surface area contributed by atoms with Crippen molar-refractivity contribution in [1.29, 1.82) is 0 Å². The van der Waals surface area contributed by atoms with Gasteiger partial charge >= 0.3 is 25.7 Å². The predicted octanol–water partition coefficient (Wildman–Crippen LogP) is 14.8. The van der Waals surface area contributed by atoms with Crippen molar-refractivity contribution in [3.8, 4) is 0 Å². The van der Waals surface area contributed by atoms with Gasteiger partial charge in [0.15, 0.2) is 6.10 Å². The molecule has 0 bridgehead atoms. The van der Waals surface area contributed by atoms with Crippen LogP contribution < -0.4 is 0 Å². The van der Waals surface area contributed by atoms with E-state index in [2.05, 4.69) is 136 Å². The van der Waals surface area contributed by atoms with E-state index in [1.54, 1.807) is 0 Å². The molecule has 3 atom stereocenters. The molecule has 0 aliphatic heterocycles. The Labute approximate surface area is 422 Å². The first-order chi connectivity index (χ1) is 34.2. The van der Waals surface area contributed by atoms with Crippen LogP contribution in [-0.2, 0) is 42.2 Å². The summed E-state index contributed by atoms with van der Waals surface area (Å²) < 4.78 is 39.2. The Morgan fingerprint density at radius 3 is 1.14 bits per heavy atom. The fraction of sp³-hybridized carbons (Fsp3) is 0.534. The van der Waals surface area contributed by atoms with Crippen molar-refractivity contribution in [2.45, 2.75) is 174 Å². The van der Waals surface area contributed by atoms with Crippen LogP contribution in [0.5, 0.6) is 0 Å². The van der Waals surface area contributed by atoms with E-state index in [-0.39, 0.29) is 19.3 Å². The molecule has 0 radical (unpaired) electrons. The van der Waals surface area contributed by atoms with Gasteiger partial charge in [0, 0.05) is 19.3 Å². The fourth-order valence-electron chi connectivity index (χ4n) is 5.96. The zero-order chi connectivity index (χ0) is 51.3. The molecule has 0 saturated heterocycles. The molecular formula is C58H89O11P. The maximum atomic E-state index is 12.8. The molecule has 0 spiro atoms. The summed E-state index contributed by atoms with van der Waals surface area (Å²) in [5.41, 5.74) is 0. The first-order valence-electron chi connectivity index (χ1n) is 25.7. The molecule has 11 nitrogen and oxygen atoms in total. The molecule has 0 saturated carbocycles. The highest BCUT2D eigenvalue weighted by atomic mass is 31.2. The van der Waals surface area contributed by atoms with Crippen LogP contribution in [0.2, 0.25) is 0 Å². The summed E-state index contributed by atoms with van der Waals surface area (Å²) in [7, 11) is -4.79. The number of rotatable bonds is 45. The number of carbonyl (C=O) groups excluding carboxylic acids is 3. The first-order valence-corrected chi connectivity index (χ1v) is 27.2. The van der Waals surface area contributed by atoms with Crippen molar-refractivity contribution in [2.75, 3.05) is 26.4 Å². The molecule has 0 heterocycles. The highest BCUT2D eigenvalue weighted by Crippen LogP contribution is 2.43. The van der Waals surface area contributed by atoms with Crippen LogP contribution in [0, 0.1) is 0 Å². The first kappa shape index (κ1) is 65.4. The molecule has 0 amide bonds. The molecule has 0 aliphatic rings. The normalized spacial score (nSPS) is 14.6. The van der Waals surface area contributed by atoms with Crippen molar-refractivity contribution in [3.05, 3.63) is 146 Å². The number of phosphoric acid groups is 1. The summed E-state index contributed by atoms with van der Waals surface area (Å²) >= 11 is 0. The molecule has 70 heavy (non-hydrogen) atoms. The van der Waals surface area contributed by atoms with E-state index in [0.29, 0.717) is 19.3 Å². The number of hydrogen-bond acceptors (Lipinski definition) is 10. The molecular weight excluding hydrogens is 904 g/mol. The second-order valence-electron chi connectivity index (χ2n) is 16.2. The van der Waals surface area contributed by atoms with Crippen molar-refractivity contribution in [1.82, 2.24) is 0 Å². The van der Waals surface area contributed by atoms with E-state index in [9.17, 15) is 28.9 Å². The van der Waals surface area contributed by atoms with Gasteiger partial charge in [0.2, 0.25) is 0 Å². The Balaban J connectivity index is 4.96. The summed E-state index contributed by atoms with van der Waals surface area (Å²) in [6.07, 6.45) is 64.3. The van der Waals surface area contributed by atoms with E-state index in [1.807, 2.05) is 30.4 Å². The fourth-order valence-corrected chi connectivity index (χ4v) is 6.74. The van der Waals surface area contributed by atoms with E-state index >= 15 is 0 Å². The van der Waals surface area contributed by atoms with Crippen LogP contribution in [0.25, 0.3) is 0 Å². The summed E-state index contributed by atoms with van der Waals surface area (Å²) in [5, 5.41) is 9.76. The molecule has 0 aromatic rings. The maximum Gasteiger partial charge on any atom is 0.472 e. The largest absolute Gasteiger partial charge is 0.472 e. The van der Waals surface area contributed by atoms with Gasteiger partial charge in [0.1, 0.15) is 12.7 Å². The lowest BCUT2D eigenvalue weighted by molar-refractivity contribution is -0.161. The standard InChI is InChI=1S/C58H89O11P/c1-4-7-10-13-16-19-22-25-26-27-28-31-34-37-40-43-46-49-58(62)69-55(51-65-56(60)47-44-41-38-35-32-29-23-20-17-14-11-8-5-2)53-67-70(63,64)66-52-54(50-59)68-57(61)48-45-42-39-36-33-30-24-21-18-15-12-9-6-3/h7-12,16-21,25-26,28-33,38-39,41-42,54-55,59H,4-6,13-15,22-24,27,34-37,40,43-53H2,1-3H3,(H,63,64)/b10-7-,11-8-,12-9-,19-16-,20-17-,21-18-,26-25-,31-28-,32-29-,33-30-,41-38-,42-39-. The molecule has 2 N–H and O–H groups in total. The van der Waals surface area contributed by atoms with Crippen LogP contribution in [-0.4, -0.2) is 66.5 Å². The van der Waals surface area contributed by atoms with E-state index in [4.69, 9.17) is 23.3 Å². The Morgan fingerprint density at radius 2 is 0.729 bits per heavy atom. The second kappa shape index (κ2) is 50.7. The van der Waals surface area contributed by atoms with Gasteiger partial charge < -0.3 is 24.2 Å². The Morgan fingerprint density at radius 1 is 0.400 bits per heavy atom. The van der Waals surface area contributed by atoms with Gasteiger partial charge in [-0.25, -0.2) is 4.57 Å². The number of ether oxygens (including phenoxy) is 3. The van der Waals surface area contributed by atoms with Crippen LogP contribution in [0.15, 0.2) is 146 Å².